The van der Waals surface area contributed by atoms with E-state index in [1.54, 1.807) is 21.9 Å². The lowest BCUT2D eigenvalue weighted by molar-refractivity contribution is -0.135. The number of nitrogens with zero attached hydrogens (tertiary/aromatic N) is 2. The van der Waals surface area contributed by atoms with E-state index < -0.39 is 10.0 Å². The summed E-state index contributed by atoms with van der Waals surface area (Å²) in [6.07, 6.45) is 0. The van der Waals surface area contributed by atoms with Crippen molar-refractivity contribution in [2.24, 2.45) is 5.92 Å². The molecule has 10 heteroatoms. The molecule has 1 saturated heterocycles. The number of rotatable bonds is 5. The van der Waals surface area contributed by atoms with Crippen molar-refractivity contribution in [2.45, 2.75) is 18.7 Å². The van der Waals surface area contributed by atoms with Crippen molar-refractivity contribution in [3.8, 4) is 0 Å². The van der Waals surface area contributed by atoms with Crippen LogP contribution in [-0.2, 0) is 14.8 Å². The zero-order chi connectivity index (χ0) is 22.8. The second kappa shape index (κ2) is 9.46. The summed E-state index contributed by atoms with van der Waals surface area (Å²) in [6, 6.07) is 10.3. The lowest BCUT2D eigenvalue weighted by Gasteiger charge is -2.35. The van der Waals surface area contributed by atoms with Gasteiger partial charge in [-0.1, -0.05) is 37.0 Å². The Morgan fingerprint density at radius 2 is 1.52 bits per heavy atom. The van der Waals surface area contributed by atoms with Crippen LogP contribution in [0.5, 0.6) is 0 Å². The highest BCUT2D eigenvalue weighted by Gasteiger charge is 2.27. The molecule has 0 radical (unpaired) electrons. The summed E-state index contributed by atoms with van der Waals surface area (Å²) in [5.74, 6) is -0.351. The summed E-state index contributed by atoms with van der Waals surface area (Å²) in [4.78, 5) is 28.2. The summed E-state index contributed by atoms with van der Waals surface area (Å²) in [5.41, 5.74) is 0.535. The lowest BCUT2D eigenvalue weighted by atomic mass is 10.1. The summed E-state index contributed by atoms with van der Waals surface area (Å²) in [6.45, 7) is 5.33. The minimum atomic E-state index is -4.02. The third kappa shape index (κ3) is 5.50. The molecule has 0 aliphatic carbocycles. The number of carbonyl (C=O) groups is 2. The molecule has 0 unspecified atom stereocenters. The molecule has 1 N–H and O–H groups in total. The molecule has 2 aromatic rings. The van der Waals surface area contributed by atoms with Gasteiger partial charge in [-0.05, 0) is 42.5 Å². The third-order valence-corrected chi connectivity index (χ3v) is 7.05. The first-order chi connectivity index (χ1) is 14.6. The lowest BCUT2D eigenvalue weighted by Crippen LogP contribution is -2.51. The molecule has 1 heterocycles. The van der Waals surface area contributed by atoms with E-state index in [1.807, 2.05) is 13.8 Å². The fourth-order valence-electron chi connectivity index (χ4n) is 3.25. The maximum atomic E-state index is 12.9. The Bertz CT molecular complexity index is 1080. The highest BCUT2D eigenvalue weighted by atomic mass is 35.5. The van der Waals surface area contributed by atoms with Crippen molar-refractivity contribution < 1.29 is 18.0 Å². The van der Waals surface area contributed by atoms with Gasteiger partial charge in [0.1, 0.15) is 4.90 Å². The van der Waals surface area contributed by atoms with E-state index >= 15 is 0 Å². The minimum absolute atomic E-state index is 0.00497. The zero-order valence-corrected chi connectivity index (χ0v) is 19.5. The SMILES string of the molecule is CC(C)C(=O)N1CCN(C(=O)c2ccc(Cl)c(S(=O)(=O)Nc3ccc(Cl)cc3)c2)CC1. The Labute approximate surface area is 192 Å². The van der Waals surface area contributed by atoms with Crippen molar-refractivity contribution in [1.29, 1.82) is 0 Å². The first kappa shape index (κ1) is 23.4. The molecule has 31 heavy (non-hydrogen) atoms. The molecular formula is C21H23Cl2N3O4S. The van der Waals surface area contributed by atoms with Crippen LogP contribution in [0.4, 0.5) is 5.69 Å². The van der Waals surface area contributed by atoms with E-state index in [0.29, 0.717) is 36.9 Å². The fraction of sp³-hybridized carbons (Fsp3) is 0.333. The summed E-state index contributed by atoms with van der Waals surface area (Å²) >= 11 is 12.0. The van der Waals surface area contributed by atoms with Crippen molar-refractivity contribution in [3.63, 3.8) is 0 Å². The maximum absolute atomic E-state index is 12.9. The van der Waals surface area contributed by atoms with Gasteiger partial charge in [0.25, 0.3) is 15.9 Å². The zero-order valence-electron chi connectivity index (χ0n) is 17.1. The van der Waals surface area contributed by atoms with Gasteiger partial charge in [-0.15, -0.1) is 0 Å². The molecule has 0 bridgehead atoms. The van der Waals surface area contributed by atoms with Crippen LogP contribution >= 0.6 is 23.2 Å². The molecule has 0 spiro atoms. The van der Waals surface area contributed by atoms with Crippen molar-refractivity contribution >= 4 is 50.7 Å². The molecule has 166 valence electrons. The fourth-order valence-corrected chi connectivity index (χ4v) is 4.96. The predicted octanol–water partition coefficient (Wildman–Crippen LogP) is 3.73. The Morgan fingerprint density at radius 3 is 2.10 bits per heavy atom. The molecule has 1 aliphatic heterocycles. The largest absolute Gasteiger partial charge is 0.339 e. The minimum Gasteiger partial charge on any atom is -0.339 e. The van der Waals surface area contributed by atoms with Crippen LogP contribution in [0.1, 0.15) is 24.2 Å². The van der Waals surface area contributed by atoms with E-state index in [-0.39, 0.29) is 33.2 Å². The smallest absolute Gasteiger partial charge is 0.263 e. The molecule has 1 aliphatic rings. The second-order valence-corrected chi connectivity index (χ2v) is 10.0. The molecule has 0 atom stereocenters. The average molecular weight is 484 g/mol. The van der Waals surface area contributed by atoms with Gasteiger partial charge in [-0.3, -0.25) is 14.3 Å². The van der Waals surface area contributed by atoms with Gasteiger partial charge in [-0.2, -0.15) is 0 Å². The van der Waals surface area contributed by atoms with Gasteiger partial charge in [-0.25, -0.2) is 8.42 Å². The van der Waals surface area contributed by atoms with Crippen molar-refractivity contribution in [3.05, 3.63) is 58.1 Å². The van der Waals surface area contributed by atoms with Gasteiger partial charge in [0.2, 0.25) is 5.91 Å². The average Bonchev–Trinajstić information content (AvgIpc) is 2.74. The van der Waals surface area contributed by atoms with E-state index in [1.165, 1.54) is 30.3 Å². The number of amides is 2. The molecule has 7 nitrogen and oxygen atoms in total. The van der Waals surface area contributed by atoms with Crippen LogP contribution in [0.15, 0.2) is 47.4 Å². The van der Waals surface area contributed by atoms with E-state index in [0.717, 1.165) is 0 Å². The number of hydrogen-bond acceptors (Lipinski definition) is 4. The van der Waals surface area contributed by atoms with Crippen LogP contribution in [0.25, 0.3) is 0 Å². The highest BCUT2D eigenvalue weighted by molar-refractivity contribution is 7.92. The van der Waals surface area contributed by atoms with Gasteiger partial charge in [0, 0.05) is 48.4 Å². The van der Waals surface area contributed by atoms with Crippen LogP contribution < -0.4 is 4.72 Å². The Hall–Kier alpha value is -2.29. The maximum Gasteiger partial charge on any atom is 0.263 e. The Morgan fingerprint density at radius 1 is 0.935 bits per heavy atom. The predicted molar refractivity (Wildman–Crippen MR) is 121 cm³/mol. The van der Waals surface area contributed by atoms with Gasteiger partial charge in [0.15, 0.2) is 0 Å². The summed E-state index contributed by atoms with van der Waals surface area (Å²) < 4.78 is 28.1. The molecule has 2 aromatic carbocycles. The molecule has 0 aromatic heterocycles. The molecule has 1 fully saturated rings. The van der Waals surface area contributed by atoms with E-state index in [9.17, 15) is 18.0 Å². The first-order valence-electron chi connectivity index (χ1n) is 9.74. The highest BCUT2D eigenvalue weighted by Crippen LogP contribution is 2.26. The van der Waals surface area contributed by atoms with Gasteiger partial charge >= 0.3 is 0 Å². The standard InChI is InChI=1S/C21H23Cl2N3O4S/c1-14(2)20(27)25-9-11-26(12-10-25)21(28)15-3-8-18(23)19(13-15)31(29,30)24-17-6-4-16(22)5-7-17/h3-8,13-14,24H,9-12H2,1-2H3. The number of nitrogens with one attached hydrogen (secondary N) is 1. The topological polar surface area (TPSA) is 86.8 Å². The van der Waals surface area contributed by atoms with Gasteiger partial charge < -0.3 is 9.80 Å². The van der Waals surface area contributed by atoms with Gasteiger partial charge in [0.05, 0.1) is 5.02 Å². The number of carbonyl (C=O) groups excluding carboxylic acids is 2. The second-order valence-electron chi connectivity index (χ2n) is 7.53. The summed E-state index contributed by atoms with van der Waals surface area (Å²) in [5, 5.41) is 0.481. The monoisotopic (exact) mass is 483 g/mol. The number of anilines is 1. The number of halogens is 2. The van der Waals surface area contributed by atoms with Crippen molar-refractivity contribution in [1.82, 2.24) is 9.80 Å². The quantitative estimate of drug-likeness (QED) is 0.701. The number of piperazine rings is 1. The van der Waals surface area contributed by atoms with Crippen molar-refractivity contribution in [2.75, 3.05) is 30.9 Å². The Kier molecular flexibility index (Phi) is 7.13. The van der Waals surface area contributed by atoms with Crippen LogP contribution in [-0.4, -0.2) is 56.2 Å². The Balaban J connectivity index is 1.77. The van der Waals surface area contributed by atoms with Crippen LogP contribution in [0.3, 0.4) is 0 Å². The van der Waals surface area contributed by atoms with E-state index in [2.05, 4.69) is 4.72 Å². The molecule has 0 saturated carbocycles. The molecular weight excluding hydrogens is 461 g/mol. The number of benzene rings is 2. The van der Waals surface area contributed by atoms with E-state index in [4.69, 9.17) is 23.2 Å². The number of hydrogen-bond donors (Lipinski definition) is 1. The number of sulfonamides is 1. The molecule has 3 rings (SSSR count). The molecule has 2 amide bonds. The summed E-state index contributed by atoms with van der Waals surface area (Å²) in [7, 11) is -4.02. The first-order valence-corrected chi connectivity index (χ1v) is 12.0. The third-order valence-electron chi connectivity index (χ3n) is 4.94. The van der Waals surface area contributed by atoms with Crippen LogP contribution in [0.2, 0.25) is 10.0 Å². The van der Waals surface area contributed by atoms with Crippen LogP contribution in [0, 0.1) is 5.92 Å². The normalized spacial score (nSPS) is 14.6.